The molecular weight excluding hydrogens is 314 g/mol. The van der Waals surface area contributed by atoms with Gasteiger partial charge < -0.3 is 5.32 Å². The summed E-state index contributed by atoms with van der Waals surface area (Å²) in [6, 6.07) is 22.0. The zero-order chi connectivity index (χ0) is 16.8. The highest BCUT2D eigenvalue weighted by Gasteiger charge is 2.10. The van der Waals surface area contributed by atoms with Crippen LogP contribution in [-0.2, 0) is 11.2 Å². The number of aryl methyl sites for hydroxylation is 1. The van der Waals surface area contributed by atoms with Crippen LogP contribution in [0.25, 0.3) is 5.57 Å². The maximum absolute atomic E-state index is 12.6. The first-order valence-electron chi connectivity index (χ1n) is 7.98. The second-order valence-electron chi connectivity index (χ2n) is 5.40. The summed E-state index contributed by atoms with van der Waals surface area (Å²) >= 11 is 1.63. The average Bonchev–Trinajstić information content (AvgIpc) is 3.15. The van der Waals surface area contributed by atoms with Gasteiger partial charge in [0.25, 0.3) is 0 Å². The van der Waals surface area contributed by atoms with Gasteiger partial charge in [-0.1, -0.05) is 61.5 Å². The van der Waals surface area contributed by atoms with E-state index in [9.17, 15) is 4.79 Å². The number of anilines is 1. The van der Waals surface area contributed by atoms with Gasteiger partial charge in [0.2, 0.25) is 5.91 Å². The minimum absolute atomic E-state index is 0.108. The number of para-hydroxylation sites is 1. The van der Waals surface area contributed by atoms with Gasteiger partial charge in [-0.05, 0) is 35.1 Å². The second-order valence-corrected chi connectivity index (χ2v) is 6.35. The summed E-state index contributed by atoms with van der Waals surface area (Å²) < 4.78 is 0. The molecule has 24 heavy (non-hydrogen) atoms. The molecule has 1 amide bonds. The lowest BCUT2D eigenvalue weighted by Gasteiger charge is -2.10. The molecule has 0 radical (unpaired) electrons. The van der Waals surface area contributed by atoms with E-state index in [2.05, 4.69) is 12.2 Å². The number of hydrogen-bond acceptors (Lipinski definition) is 2. The van der Waals surface area contributed by atoms with Crippen molar-refractivity contribution in [1.29, 1.82) is 0 Å². The predicted molar refractivity (Wildman–Crippen MR) is 102 cm³/mol. The average molecular weight is 333 g/mol. The van der Waals surface area contributed by atoms with Crippen LogP contribution in [0.5, 0.6) is 0 Å². The molecule has 0 aliphatic carbocycles. The summed E-state index contributed by atoms with van der Waals surface area (Å²) in [6.07, 6.45) is 2.57. The summed E-state index contributed by atoms with van der Waals surface area (Å²) in [4.78, 5) is 13.7. The van der Waals surface area contributed by atoms with Crippen LogP contribution in [0, 0.1) is 0 Å². The Hall–Kier alpha value is -2.65. The Morgan fingerprint density at radius 2 is 1.75 bits per heavy atom. The maximum Gasteiger partial charge on any atom is 0.249 e. The smallest absolute Gasteiger partial charge is 0.249 e. The van der Waals surface area contributed by atoms with E-state index < -0.39 is 0 Å². The Kier molecular flexibility index (Phi) is 5.24. The fraction of sp³-hybridized carbons (Fsp3) is 0.0952. The number of nitrogens with one attached hydrogen (secondary N) is 1. The summed E-state index contributed by atoms with van der Waals surface area (Å²) in [6.45, 7) is 2.09. The monoisotopic (exact) mass is 333 g/mol. The lowest BCUT2D eigenvalue weighted by atomic mass is 10.0. The molecule has 1 N–H and O–H groups in total. The van der Waals surface area contributed by atoms with Gasteiger partial charge >= 0.3 is 0 Å². The number of rotatable bonds is 5. The molecule has 0 spiro atoms. The van der Waals surface area contributed by atoms with Crippen LogP contribution in [-0.4, -0.2) is 5.91 Å². The van der Waals surface area contributed by atoms with Gasteiger partial charge in [0.1, 0.15) is 0 Å². The van der Waals surface area contributed by atoms with E-state index in [4.69, 9.17) is 0 Å². The molecule has 0 fully saturated rings. The Morgan fingerprint density at radius 1 is 1.00 bits per heavy atom. The van der Waals surface area contributed by atoms with Crippen molar-refractivity contribution in [3.05, 3.63) is 94.2 Å². The zero-order valence-electron chi connectivity index (χ0n) is 13.5. The lowest BCUT2D eigenvalue weighted by Crippen LogP contribution is -2.10. The first-order valence-corrected chi connectivity index (χ1v) is 8.85. The van der Waals surface area contributed by atoms with Crippen LogP contribution in [0.3, 0.4) is 0 Å². The molecule has 120 valence electrons. The summed E-state index contributed by atoms with van der Waals surface area (Å²) in [5, 5.41) is 5.04. The fourth-order valence-corrected chi connectivity index (χ4v) is 3.36. The Morgan fingerprint density at radius 3 is 2.46 bits per heavy atom. The molecule has 0 saturated heterocycles. The molecule has 0 unspecified atom stereocenters. The van der Waals surface area contributed by atoms with Crippen molar-refractivity contribution in [2.24, 2.45) is 0 Å². The molecule has 3 aromatic rings. The third-order valence-corrected chi connectivity index (χ3v) is 4.71. The van der Waals surface area contributed by atoms with Crippen molar-refractivity contribution >= 4 is 28.5 Å². The van der Waals surface area contributed by atoms with Crippen LogP contribution in [0.4, 0.5) is 5.69 Å². The normalized spacial score (nSPS) is 11.3. The summed E-state index contributed by atoms with van der Waals surface area (Å²) in [5.41, 5.74) is 3.99. The highest BCUT2D eigenvalue weighted by molar-refractivity contribution is 7.11. The van der Waals surface area contributed by atoms with Crippen LogP contribution in [0.2, 0.25) is 0 Å². The number of hydrogen-bond donors (Lipinski definition) is 1. The third kappa shape index (κ3) is 3.81. The Bertz CT molecular complexity index is 835. The standard InChI is InChI=1S/C21H19NOS/c1-2-16-9-6-7-12-19(16)22-21(23)15-18(20-13-8-14-24-20)17-10-4-3-5-11-17/h3-15H,2H2,1H3,(H,22,23). The van der Waals surface area contributed by atoms with Crippen LogP contribution >= 0.6 is 11.3 Å². The van der Waals surface area contributed by atoms with Gasteiger partial charge in [0.15, 0.2) is 0 Å². The Labute approximate surface area is 146 Å². The minimum atomic E-state index is -0.108. The molecule has 0 aliphatic heterocycles. The van der Waals surface area contributed by atoms with Gasteiger partial charge in [-0.15, -0.1) is 11.3 Å². The van der Waals surface area contributed by atoms with Gasteiger partial charge in [-0.3, -0.25) is 4.79 Å². The SMILES string of the molecule is CCc1ccccc1NC(=O)C=C(c1ccccc1)c1cccs1. The van der Waals surface area contributed by atoms with E-state index in [1.54, 1.807) is 17.4 Å². The molecule has 0 bridgehead atoms. The second kappa shape index (κ2) is 7.75. The first-order chi connectivity index (χ1) is 11.8. The number of benzene rings is 2. The van der Waals surface area contributed by atoms with Crippen molar-refractivity contribution in [3.8, 4) is 0 Å². The molecule has 1 aromatic heterocycles. The number of amides is 1. The van der Waals surface area contributed by atoms with Crippen LogP contribution in [0.15, 0.2) is 78.2 Å². The fourth-order valence-electron chi connectivity index (χ4n) is 2.60. The van der Waals surface area contributed by atoms with Gasteiger partial charge in [0, 0.05) is 22.2 Å². The van der Waals surface area contributed by atoms with Gasteiger partial charge in [-0.2, -0.15) is 0 Å². The Balaban J connectivity index is 1.92. The highest BCUT2D eigenvalue weighted by Crippen LogP contribution is 2.27. The van der Waals surface area contributed by atoms with Crippen molar-refractivity contribution in [3.63, 3.8) is 0 Å². The summed E-state index contributed by atoms with van der Waals surface area (Å²) in [7, 11) is 0. The van der Waals surface area contributed by atoms with E-state index in [1.165, 1.54) is 0 Å². The van der Waals surface area contributed by atoms with E-state index in [1.807, 2.05) is 72.1 Å². The molecule has 3 heteroatoms. The number of carbonyl (C=O) groups is 1. The molecule has 2 nitrogen and oxygen atoms in total. The van der Waals surface area contributed by atoms with Crippen LogP contribution in [0.1, 0.15) is 22.9 Å². The number of thiophene rings is 1. The van der Waals surface area contributed by atoms with Gasteiger partial charge in [-0.25, -0.2) is 0 Å². The largest absolute Gasteiger partial charge is 0.322 e. The maximum atomic E-state index is 12.6. The van der Waals surface area contributed by atoms with Crippen molar-refractivity contribution in [2.75, 3.05) is 5.32 Å². The van der Waals surface area contributed by atoms with E-state index in [-0.39, 0.29) is 5.91 Å². The molecular formula is C21H19NOS. The molecule has 0 saturated carbocycles. The molecule has 2 aromatic carbocycles. The lowest BCUT2D eigenvalue weighted by molar-refractivity contribution is -0.111. The predicted octanol–water partition coefficient (Wildman–Crippen LogP) is 5.38. The summed E-state index contributed by atoms with van der Waals surface area (Å²) in [5.74, 6) is -0.108. The van der Waals surface area contributed by atoms with E-state index in [0.29, 0.717) is 0 Å². The van der Waals surface area contributed by atoms with Crippen molar-refractivity contribution in [1.82, 2.24) is 0 Å². The third-order valence-electron chi connectivity index (χ3n) is 3.80. The van der Waals surface area contributed by atoms with Crippen molar-refractivity contribution < 1.29 is 4.79 Å². The number of carbonyl (C=O) groups excluding carboxylic acids is 1. The van der Waals surface area contributed by atoms with E-state index >= 15 is 0 Å². The van der Waals surface area contributed by atoms with Crippen molar-refractivity contribution in [2.45, 2.75) is 13.3 Å². The first kappa shape index (κ1) is 16.2. The molecule has 0 aliphatic rings. The van der Waals surface area contributed by atoms with Crippen LogP contribution < -0.4 is 5.32 Å². The molecule has 0 atom stereocenters. The van der Waals surface area contributed by atoms with E-state index in [0.717, 1.165) is 33.7 Å². The molecule has 1 heterocycles. The molecule has 3 rings (SSSR count). The highest BCUT2D eigenvalue weighted by atomic mass is 32.1. The quantitative estimate of drug-likeness (QED) is 0.624. The zero-order valence-corrected chi connectivity index (χ0v) is 14.3. The van der Waals surface area contributed by atoms with Gasteiger partial charge in [0.05, 0.1) is 0 Å². The topological polar surface area (TPSA) is 29.1 Å². The minimum Gasteiger partial charge on any atom is -0.322 e.